The monoisotopic (exact) mass is 209 g/mol. The Labute approximate surface area is 93.3 Å². The van der Waals surface area contributed by atoms with Crippen LogP contribution in [0.4, 0.5) is 0 Å². The quantitative estimate of drug-likeness (QED) is 0.775. The average Bonchev–Trinajstić information content (AvgIpc) is 2.22. The van der Waals surface area contributed by atoms with E-state index < -0.39 is 11.0 Å². The van der Waals surface area contributed by atoms with Gasteiger partial charge in [0, 0.05) is 0 Å². The van der Waals surface area contributed by atoms with Gasteiger partial charge in [-0.05, 0) is 45.4 Å². The van der Waals surface area contributed by atoms with Gasteiger partial charge in [0.2, 0.25) is 0 Å². The Balaban J connectivity index is 2.59. The topological polar surface area (TPSA) is 44.0 Å². The summed E-state index contributed by atoms with van der Waals surface area (Å²) in [4.78, 5) is 0. The number of nitriles is 1. The molecule has 0 heterocycles. The van der Waals surface area contributed by atoms with Crippen LogP contribution in [-0.2, 0) is 0 Å². The molecule has 0 radical (unpaired) electrons. The van der Waals surface area contributed by atoms with Crippen molar-refractivity contribution in [3.05, 3.63) is 0 Å². The Kier molecular flexibility index (Phi) is 3.78. The van der Waals surface area contributed by atoms with Gasteiger partial charge in [-0.15, -0.1) is 0 Å². The fourth-order valence-electron chi connectivity index (χ4n) is 2.58. The summed E-state index contributed by atoms with van der Waals surface area (Å²) in [6.45, 7) is 5.92. The van der Waals surface area contributed by atoms with E-state index in [2.05, 4.69) is 13.0 Å². The molecule has 0 aromatic heterocycles. The lowest BCUT2D eigenvalue weighted by molar-refractivity contribution is -0.0772. The summed E-state index contributed by atoms with van der Waals surface area (Å²) in [5.74, 6) is 0.768. The summed E-state index contributed by atoms with van der Waals surface area (Å²) in [5, 5.41) is 19.5. The van der Waals surface area contributed by atoms with Gasteiger partial charge in [-0.1, -0.05) is 19.8 Å². The molecule has 0 aliphatic heterocycles. The van der Waals surface area contributed by atoms with E-state index in [0.29, 0.717) is 0 Å². The van der Waals surface area contributed by atoms with Crippen LogP contribution >= 0.6 is 0 Å². The lowest BCUT2D eigenvalue weighted by Crippen LogP contribution is -2.46. The molecule has 1 rings (SSSR count). The predicted octanol–water partition coefficient (Wildman–Crippen LogP) is 3.26. The predicted molar refractivity (Wildman–Crippen MR) is 61.2 cm³/mol. The molecule has 1 aliphatic rings. The Bertz CT molecular complexity index is 244. The molecule has 15 heavy (non-hydrogen) atoms. The Hall–Kier alpha value is -0.550. The van der Waals surface area contributed by atoms with E-state index in [1.807, 2.05) is 13.8 Å². The first-order chi connectivity index (χ1) is 6.95. The van der Waals surface area contributed by atoms with Crippen LogP contribution in [0, 0.1) is 22.7 Å². The average molecular weight is 209 g/mol. The van der Waals surface area contributed by atoms with Crippen molar-refractivity contribution in [3.8, 4) is 6.07 Å². The lowest BCUT2D eigenvalue weighted by Gasteiger charge is -2.43. The second-order valence-electron chi connectivity index (χ2n) is 5.50. The largest absolute Gasteiger partial charge is 0.388 e. The molecule has 0 saturated heterocycles. The summed E-state index contributed by atoms with van der Waals surface area (Å²) < 4.78 is 0. The van der Waals surface area contributed by atoms with Gasteiger partial charge in [-0.25, -0.2) is 0 Å². The van der Waals surface area contributed by atoms with Crippen LogP contribution in [0.3, 0.4) is 0 Å². The molecule has 0 amide bonds. The maximum atomic E-state index is 10.5. The van der Waals surface area contributed by atoms with E-state index in [-0.39, 0.29) is 0 Å². The fraction of sp³-hybridized carbons (Fsp3) is 0.923. The van der Waals surface area contributed by atoms with Crippen LogP contribution in [0.1, 0.15) is 59.3 Å². The normalized spacial score (nSPS) is 32.3. The third-order valence-electron chi connectivity index (χ3n) is 4.07. The molecule has 1 aliphatic carbocycles. The minimum absolute atomic E-state index is 0.607. The molecule has 1 fully saturated rings. The zero-order valence-corrected chi connectivity index (χ0v) is 10.2. The summed E-state index contributed by atoms with van der Waals surface area (Å²) in [5.41, 5.74) is -1.36. The maximum absolute atomic E-state index is 10.5. The Morgan fingerprint density at radius 3 is 2.33 bits per heavy atom. The number of nitrogens with zero attached hydrogens (tertiary/aromatic N) is 1. The van der Waals surface area contributed by atoms with Crippen molar-refractivity contribution in [3.63, 3.8) is 0 Å². The summed E-state index contributed by atoms with van der Waals surface area (Å²) in [6, 6.07) is 2.25. The van der Waals surface area contributed by atoms with Gasteiger partial charge in [0.25, 0.3) is 0 Å². The molecule has 2 heteroatoms. The highest BCUT2D eigenvalue weighted by atomic mass is 16.3. The molecule has 1 N–H and O–H groups in total. The summed E-state index contributed by atoms with van der Waals surface area (Å²) in [7, 11) is 0. The van der Waals surface area contributed by atoms with Crippen molar-refractivity contribution >= 4 is 0 Å². The van der Waals surface area contributed by atoms with Crippen molar-refractivity contribution in [2.45, 2.75) is 64.9 Å². The number of hydrogen-bond acceptors (Lipinski definition) is 2. The van der Waals surface area contributed by atoms with Crippen LogP contribution in [0.5, 0.6) is 0 Å². The molecule has 0 spiro atoms. The second kappa shape index (κ2) is 4.53. The molecule has 0 bridgehead atoms. The molecule has 0 aromatic rings. The van der Waals surface area contributed by atoms with Crippen molar-refractivity contribution in [1.82, 2.24) is 0 Å². The first-order valence-electron chi connectivity index (χ1n) is 6.09. The minimum Gasteiger partial charge on any atom is -0.388 e. The van der Waals surface area contributed by atoms with Crippen molar-refractivity contribution in [2.24, 2.45) is 11.3 Å². The summed E-state index contributed by atoms with van der Waals surface area (Å²) in [6.07, 6.45) is 6.23. The third-order valence-corrected chi connectivity index (χ3v) is 4.07. The van der Waals surface area contributed by atoms with Gasteiger partial charge in [-0.3, -0.25) is 0 Å². The molecular weight excluding hydrogens is 186 g/mol. The second-order valence-corrected chi connectivity index (χ2v) is 5.50. The molecule has 86 valence electrons. The van der Waals surface area contributed by atoms with Crippen LogP contribution in [0.25, 0.3) is 0 Å². The van der Waals surface area contributed by atoms with E-state index in [4.69, 9.17) is 5.26 Å². The van der Waals surface area contributed by atoms with E-state index in [9.17, 15) is 5.11 Å². The number of hydrogen-bond donors (Lipinski definition) is 1. The van der Waals surface area contributed by atoms with Crippen LogP contribution in [-0.4, -0.2) is 10.7 Å². The molecular formula is C13H23NO. The van der Waals surface area contributed by atoms with Crippen molar-refractivity contribution in [1.29, 1.82) is 5.26 Å². The van der Waals surface area contributed by atoms with E-state index in [1.54, 1.807) is 0 Å². The number of aliphatic hydroxyl groups is 1. The van der Waals surface area contributed by atoms with E-state index in [0.717, 1.165) is 31.6 Å². The molecule has 1 saturated carbocycles. The van der Waals surface area contributed by atoms with Gasteiger partial charge >= 0.3 is 0 Å². The molecule has 0 atom stereocenters. The van der Waals surface area contributed by atoms with E-state index in [1.165, 1.54) is 12.8 Å². The zero-order chi connectivity index (χ0) is 11.5. The summed E-state index contributed by atoms with van der Waals surface area (Å²) >= 11 is 0. The van der Waals surface area contributed by atoms with Crippen LogP contribution < -0.4 is 0 Å². The molecule has 0 aromatic carbocycles. The minimum atomic E-state index is -0.758. The van der Waals surface area contributed by atoms with Gasteiger partial charge in [-0.2, -0.15) is 5.26 Å². The highest BCUT2D eigenvalue weighted by Crippen LogP contribution is 2.44. The molecule has 0 unspecified atom stereocenters. The fourth-order valence-corrected chi connectivity index (χ4v) is 2.58. The first-order valence-corrected chi connectivity index (χ1v) is 6.09. The smallest absolute Gasteiger partial charge is 0.0828 e. The highest BCUT2D eigenvalue weighted by molar-refractivity contribution is 5.07. The van der Waals surface area contributed by atoms with Gasteiger partial charge < -0.3 is 5.11 Å². The standard InChI is InChI=1S/C13H23NO/c1-4-5-11-6-8-13(15,9-7-11)12(2,3)10-14/h11,15H,4-9H2,1-3H3. The SMILES string of the molecule is CCCC1CCC(O)(C(C)(C)C#N)CC1. The number of rotatable bonds is 3. The highest BCUT2D eigenvalue weighted by Gasteiger charge is 2.45. The maximum Gasteiger partial charge on any atom is 0.0828 e. The Morgan fingerprint density at radius 1 is 1.40 bits per heavy atom. The van der Waals surface area contributed by atoms with Crippen LogP contribution in [0.15, 0.2) is 0 Å². The van der Waals surface area contributed by atoms with Crippen LogP contribution in [0.2, 0.25) is 0 Å². The van der Waals surface area contributed by atoms with E-state index >= 15 is 0 Å². The van der Waals surface area contributed by atoms with Crippen molar-refractivity contribution < 1.29 is 5.11 Å². The van der Waals surface area contributed by atoms with Gasteiger partial charge in [0.05, 0.1) is 17.1 Å². The third kappa shape index (κ3) is 2.52. The first kappa shape index (κ1) is 12.5. The molecule has 2 nitrogen and oxygen atoms in total. The van der Waals surface area contributed by atoms with Crippen molar-refractivity contribution in [2.75, 3.05) is 0 Å². The Morgan fingerprint density at radius 2 is 1.93 bits per heavy atom. The lowest BCUT2D eigenvalue weighted by atomic mass is 9.65. The zero-order valence-electron chi connectivity index (χ0n) is 10.2. The van der Waals surface area contributed by atoms with Gasteiger partial charge in [0.1, 0.15) is 0 Å². The van der Waals surface area contributed by atoms with Gasteiger partial charge in [0.15, 0.2) is 0 Å².